The number of carbonyl (C=O) groups is 1. The number of esters is 1. The molecule has 44 heavy (non-hydrogen) atoms. The first-order chi connectivity index (χ1) is 21.3. The van der Waals surface area contributed by atoms with Gasteiger partial charge in [0.15, 0.2) is 0 Å². The Kier molecular flexibility index (Phi) is 13.6. The summed E-state index contributed by atoms with van der Waals surface area (Å²) in [7, 11) is 1.72. The number of aliphatic hydroxyl groups is 1. The van der Waals surface area contributed by atoms with Crippen molar-refractivity contribution in [2.75, 3.05) is 26.9 Å². The number of rotatable bonds is 15. The molecule has 0 bridgehead atoms. The molecule has 0 aromatic heterocycles. The Morgan fingerprint density at radius 1 is 0.886 bits per heavy atom. The molecule has 2 fully saturated rings. The van der Waals surface area contributed by atoms with E-state index in [1.54, 1.807) is 7.11 Å². The van der Waals surface area contributed by atoms with Crippen LogP contribution in [0.5, 0.6) is 0 Å². The summed E-state index contributed by atoms with van der Waals surface area (Å²) in [6.07, 6.45) is 15.0. The zero-order chi connectivity index (χ0) is 31.5. The molecule has 1 atom stereocenters. The van der Waals surface area contributed by atoms with Crippen molar-refractivity contribution in [3.8, 4) is 11.1 Å². The molecule has 0 radical (unpaired) electrons. The van der Waals surface area contributed by atoms with E-state index in [0.29, 0.717) is 25.0 Å². The number of aryl methyl sites for hydroxylation is 2. The fourth-order valence-corrected chi connectivity index (χ4v) is 7.92. The van der Waals surface area contributed by atoms with Crippen LogP contribution in [0, 0.1) is 29.6 Å². The Labute approximate surface area is 267 Å². The van der Waals surface area contributed by atoms with Crippen LogP contribution in [0.15, 0.2) is 54.6 Å². The summed E-state index contributed by atoms with van der Waals surface area (Å²) < 4.78 is 10.9. The van der Waals surface area contributed by atoms with Gasteiger partial charge in [0.25, 0.3) is 0 Å². The number of ether oxygens (including phenoxy) is 2. The number of hydrogen-bond donors (Lipinski definition) is 1. The monoisotopic (exact) mass is 602 g/mol. The molecule has 4 rings (SSSR count). The van der Waals surface area contributed by atoms with Crippen molar-refractivity contribution in [2.45, 2.75) is 104 Å². The highest BCUT2D eigenvalue weighted by atomic mass is 16.5. The second kappa shape index (κ2) is 17.3. The molecule has 2 aromatic rings. The van der Waals surface area contributed by atoms with Gasteiger partial charge in [-0.15, -0.1) is 0 Å². The third kappa shape index (κ3) is 9.54. The first kappa shape index (κ1) is 34.4. The van der Waals surface area contributed by atoms with Crippen molar-refractivity contribution >= 4 is 5.97 Å². The quantitative estimate of drug-likeness (QED) is 0.163. The van der Waals surface area contributed by atoms with Crippen LogP contribution in [0.4, 0.5) is 0 Å². The van der Waals surface area contributed by atoms with Gasteiger partial charge in [-0.2, -0.15) is 0 Å². The maximum Gasteiger partial charge on any atom is 0.335 e. The molecule has 242 valence electrons. The van der Waals surface area contributed by atoms with E-state index in [0.717, 1.165) is 24.2 Å². The fraction of sp³-hybridized carbons (Fsp3) is 0.625. The summed E-state index contributed by atoms with van der Waals surface area (Å²) in [5, 5.41) is 9.14. The molecule has 1 unspecified atom stereocenters. The zero-order valence-corrected chi connectivity index (χ0v) is 28.0. The van der Waals surface area contributed by atoms with Gasteiger partial charge in [-0.1, -0.05) is 76.2 Å². The molecule has 2 saturated carbocycles. The van der Waals surface area contributed by atoms with Crippen molar-refractivity contribution in [3.63, 3.8) is 0 Å². The normalized spacial score (nSPS) is 23.0. The van der Waals surface area contributed by atoms with Gasteiger partial charge in [0, 0.05) is 13.0 Å². The summed E-state index contributed by atoms with van der Waals surface area (Å²) in [5.41, 5.74) is 7.34. The first-order valence-electron chi connectivity index (χ1n) is 17.5. The van der Waals surface area contributed by atoms with Crippen LogP contribution < -0.4 is 0 Å². The Morgan fingerprint density at radius 3 is 2.11 bits per heavy atom. The minimum Gasteiger partial charge on any atom is -0.462 e. The summed E-state index contributed by atoms with van der Waals surface area (Å²) in [6.45, 7) is 11.1. The number of benzene rings is 2. The van der Waals surface area contributed by atoms with Crippen molar-refractivity contribution in [3.05, 3.63) is 71.3 Å². The molecule has 2 aliphatic carbocycles. The SMILES string of the molecule is C=C(CO)C(=O)OCC(COC)C1CCC(C2CCC(c3ccc(-c4ccc(CCCC(C)C)c(CC)c4)cc3)CC2)CC1. The lowest BCUT2D eigenvalue weighted by Crippen LogP contribution is -2.32. The highest BCUT2D eigenvalue weighted by Gasteiger charge is 2.34. The topological polar surface area (TPSA) is 55.8 Å². The lowest BCUT2D eigenvalue weighted by Gasteiger charge is -2.39. The van der Waals surface area contributed by atoms with Crippen LogP contribution in [-0.4, -0.2) is 38.0 Å². The van der Waals surface area contributed by atoms with Gasteiger partial charge in [0.05, 0.1) is 25.4 Å². The van der Waals surface area contributed by atoms with Crippen LogP contribution in [0.2, 0.25) is 0 Å². The van der Waals surface area contributed by atoms with Crippen LogP contribution >= 0.6 is 0 Å². The third-order valence-corrected chi connectivity index (χ3v) is 10.7. The second-order valence-corrected chi connectivity index (χ2v) is 14.1. The molecule has 0 amide bonds. The predicted molar refractivity (Wildman–Crippen MR) is 182 cm³/mol. The second-order valence-electron chi connectivity index (χ2n) is 14.1. The minimum atomic E-state index is -0.499. The van der Waals surface area contributed by atoms with Gasteiger partial charge in [-0.05, 0) is 128 Å². The molecule has 2 aliphatic rings. The van der Waals surface area contributed by atoms with Gasteiger partial charge < -0.3 is 14.6 Å². The Balaban J connectivity index is 1.25. The standard InChI is InChI=1S/C40H58O4/c1-6-30-24-38(23-22-31(30)9-7-8-28(2)3)36-18-14-34(15-19-36)32-10-12-33(13-11-32)35-16-20-37(21-17-35)39(26-43-5)27-44-40(42)29(4)25-41/h14-15,18-19,22-24,28,32-33,35,37,39,41H,4,6-13,16-17,20-21,25-27H2,1-3,5H3. The van der Waals surface area contributed by atoms with Crippen molar-refractivity contribution in [1.82, 2.24) is 0 Å². The molecule has 4 nitrogen and oxygen atoms in total. The van der Waals surface area contributed by atoms with E-state index >= 15 is 0 Å². The Bertz CT molecular complexity index is 1170. The lowest BCUT2D eigenvalue weighted by atomic mass is 9.67. The van der Waals surface area contributed by atoms with Gasteiger partial charge >= 0.3 is 5.97 Å². The van der Waals surface area contributed by atoms with Crippen LogP contribution in [0.3, 0.4) is 0 Å². The number of hydrogen-bond acceptors (Lipinski definition) is 4. The minimum absolute atomic E-state index is 0.111. The smallest absolute Gasteiger partial charge is 0.335 e. The predicted octanol–water partition coefficient (Wildman–Crippen LogP) is 9.33. The Morgan fingerprint density at radius 2 is 1.52 bits per heavy atom. The molecule has 0 spiro atoms. The van der Waals surface area contributed by atoms with E-state index < -0.39 is 5.97 Å². The first-order valence-corrected chi connectivity index (χ1v) is 17.5. The zero-order valence-electron chi connectivity index (χ0n) is 28.0. The van der Waals surface area contributed by atoms with E-state index in [1.807, 2.05) is 0 Å². The van der Waals surface area contributed by atoms with Gasteiger partial charge in [0.1, 0.15) is 0 Å². The van der Waals surface area contributed by atoms with Gasteiger partial charge in [-0.3, -0.25) is 0 Å². The van der Waals surface area contributed by atoms with E-state index in [9.17, 15) is 4.79 Å². The summed E-state index contributed by atoms with van der Waals surface area (Å²) in [4.78, 5) is 12.0. The summed E-state index contributed by atoms with van der Waals surface area (Å²) in [6, 6.07) is 16.6. The van der Waals surface area contributed by atoms with Crippen LogP contribution in [0.1, 0.15) is 108 Å². The number of methoxy groups -OCH3 is 1. The van der Waals surface area contributed by atoms with Crippen molar-refractivity contribution in [2.24, 2.45) is 29.6 Å². The van der Waals surface area contributed by atoms with Gasteiger partial charge in [0.2, 0.25) is 0 Å². The average molecular weight is 603 g/mol. The molecule has 0 aliphatic heterocycles. The maximum atomic E-state index is 12.0. The number of aliphatic hydroxyl groups excluding tert-OH is 1. The number of carbonyl (C=O) groups excluding carboxylic acids is 1. The molecular formula is C40H58O4. The van der Waals surface area contributed by atoms with Crippen LogP contribution in [-0.2, 0) is 27.1 Å². The molecule has 2 aromatic carbocycles. The molecule has 0 saturated heterocycles. The molecule has 0 heterocycles. The largest absolute Gasteiger partial charge is 0.462 e. The third-order valence-electron chi connectivity index (χ3n) is 10.7. The van der Waals surface area contributed by atoms with Crippen LogP contribution in [0.25, 0.3) is 11.1 Å². The highest BCUT2D eigenvalue weighted by molar-refractivity contribution is 5.87. The van der Waals surface area contributed by atoms with Gasteiger partial charge in [-0.25, -0.2) is 4.79 Å². The lowest BCUT2D eigenvalue weighted by molar-refractivity contribution is -0.142. The summed E-state index contributed by atoms with van der Waals surface area (Å²) in [5.74, 6) is 3.34. The van der Waals surface area contributed by atoms with E-state index in [-0.39, 0.29) is 18.1 Å². The van der Waals surface area contributed by atoms with E-state index in [2.05, 4.69) is 69.8 Å². The highest BCUT2D eigenvalue weighted by Crippen LogP contribution is 2.45. The Hall–Kier alpha value is -2.43. The maximum absolute atomic E-state index is 12.0. The molecule has 4 heteroatoms. The fourth-order valence-electron chi connectivity index (χ4n) is 7.92. The average Bonchev–Trinajstić information content (AvgIpc) is 3.06. The van der Waals surface area contributed by atoms with Crippen molar-refractivity contribution in [1.29, 1.82) is 0 Å². The molecule has 1 N–H and O–H groups in total. The van der Waals surface area contributed by atoms with E-state index in [1.165, 1.54) is 98.4 Å². The summed E-state index contributed by atoms with van der Waals surface area (Å²) >= 11 is 0. The molecular weight excluding hydrogens is 544 g/mol. The van der Waals surface area contributed by atoms with E-state index in [4.69, 9.17) is 14.6 Å². The van der Waals surface area contributed by atoms with Crippen molar-refractivity contribution < 1.29 is 19.4 Å².